The van der Waals surface area contributed by atoms with Gasteiger partial charge in [-0.3, -0.25) is 4.68 Å². The van der Waals surface area contributed by atoms with Crippen LogP contribution in [0.2, 0.25) is 0 Å². The average molecular weight is 377 g/mol. The van der Waals surface area contributed by atoms with Crippen molar-refractivity contribution in [3.63, 3.8) is 0 Å². The van der Waals surface area contributed by atoms with Gasteiger partial charge in [-0.15, -0.1) is 0 Å². The van der Waals surface area contributed by atoms with Crippen LogP contribution in [0.15, 0.2) is 65.7 Å². The molecule has 0 fully saturated rings. The van der Waals surface area contributed by atoms with E-state index in [0.29, 0.717) is 12.2 Å². The Labute approximate surface area is 150 Å². The van der Waals surface area contributed by atoms with E-state index in [9.17, 15) is 17.2 Å². The smallest absolute Gasteiger partial charge is 0.341 e. The SMILES string of the molecule is Cn1cc(CNc2ccc(S(=O)(=O)C(F)F)cc2)c(-c2ccccc2)n1. The topological polar surface area (TPSA) is 64.0 Å². The van der Waals surface area contributed by atoms with Gasteiger partial charge in [0.25, 0.3) is 0 Å². The maximum absolute atomic E-state index is 12.6. The molecule has 2 aromatic carbocycles. The molecule has 0 saturated heterocycles. The van der Waals surface area contributed by atoms with Crippen LogP contribution in [0.25, 0.3) is 11.3 Å². The van der Waals surface area contributed by atoms with Crippen molar-refractivity contribution in [1.29, 1.82) is 0 Å². The molecule has 5 nitrogen and oxygen atoms in total. The van der Waals surface area contributed by atoms with Crippen LogP contribution in [-0.4, -0.2) is 24.0 Å². The van der Waals surface area contributed by atoms with E-state index in [1.165, 1.54) is 24.3 Å². The summed E-state index contributed by atoms with van der Waals surface area (Å²) >= 11 is 0. The zero-order valence-electron chi connectivity index (χ0n) is 13.9. The van der Waals surface area contributed by atoms with Crippen LogP contribution >= 0.6 is 0 Å². The summed E-state index contributed by atoms with van der Waals surface area (Å²) in [5.41, 5.74) is 3.42. The Morgan fingerprint density at radius 3 is 2.35 bits per heavy atom. The molecular weight excluding hydrogens is 360 g/mol. The van der Waals surface area contributed by atoms with Crippen molar-refractivity contribution < 1.29 is 17.2 Å². The minimum absolute atomic E-state index is 0.399. The maximum Gasteiger partial charge on any atom is 0.341 e. The maximum atomic E-state index is 12.6. The molecule has 8 heteroatoms. The number of sulfone groups is 1. The quantitative estimate of drug-likeness (QED) is 0.712. The van der Waals surface area contributed by atoms with E-state index in [1.54, 1.807) is 4.68 Å². The molecule has 0 unspecified atom stereocenters. The predicted molar refractivity (Wildman–Crippen MR) is 95.6 cm³/mol. The second kappa shape index (κ2) is 7.25. The molecule has 1 N–H and O–H groups in total. The summed E-state index contributed by atoms with van der Waals surface area (Å²) in [7, 11) is -2.74. The Morgan fingerprint density at radius 2 is 1.73 bits per heavy atom. The fraction of sp³-hybridized carbons (Fsp3) is 0.167. The Kier molecular flexibility index (Phi) is 5.03. The molecule has 0 saturated carbocycles. The van der Waals surface area contributed by atoms with Crippen LogP contribution in [0.3, 0.4) is 0 Å². The number of rotatable bonds is 6. The number of benzene rings is 2. The number of hydrogen-bond donors (Lipinski definition) is 1. The summed E-state index contributed by atoms with van der Waals surface area (Å²) in [6.45, 7) is 0.457. The van der Waals surface area contributed by atoms with E-state index < -0.39 is 20.5 Å². The van der Waals surface area contributed by atoms with Crippen LogP contribution in [0.1, 0.15) is 5.56 Å². The second-order valence-electron chi connectivity index (χ2n) is 5.73. The van der Waals surface area contributed by atoms with Crippen LogP contribution in [0.5, 0.6) is 0 Å². The van der Waals surface area contributed by atoms with Gasteiger partial charge in [-0.05, 0) is 24.3 Å². The number of halogens is 2. The molecule has 0 aliphatic heterocycles. The van der Waals surface area contributed by atoms with Gasteiger partial charge in [0.15, 0.2) is 0 Å². The molecule has 0 bridgehead atoms. The summed E-state index contributed by atoms with van der Waals surface area (Å²) in [5, 5.41) is 7.63. The largest absolute Gasteiger partial charge is 0.381 e. The number of nitrogens with zero attached hydrogens (tertiary/aromatic N) is 2. The molecule has 0 atom stereocenters. The van der Waals surface area contributed by atoms with Crippen molar-refractivity contribution in [3.8, 4) is 11.3 Å². The number of hydrogen-bond acceptors (Lipinski definition) is 4. The van der Waals surface area contributed by atoms with E-state index >= 15 is 0 Å². The Hall–Kier alpha value is -2.74. The van der Waals surface area contributed by atoms with Crippen molar-refractivity contribution in [2.45, 2.75) is 17.2 Å². The fourth-order valence-electron chi connectivity index (χ4n) is 2.57. The fourth-order valence-corrected chi connectivity index (χ4v) is 3.29. The molecule has 0 amide bonds. The average Bonchev–Trinajstić information content (AvgIpc) is 3.01. The Bertz CT molecular complexity index is 985. The van der Waals surface area contributed by atoms with Crippen LogP contribution in [-0.2, 0) is 23.4 Å². The third-order valence-corrected chi connectivity index (χ3v) is 5.25. The highest BCUT2D eigenvalue weighted by molar-refractivity contribution is 7.91. The van der Waals surface area contributed by atoms with E-state index in [4.69, 9.17) is 0 Å². The lowest BCUT2D eigenvalue weighted by Crippen LogP contribution is -2.11. The van der Waals surface area contributed by atoms with Crippen LogP contribution in [0, 0.1) is 0 Å². The standard InChI is InChI=1S/C18H17F2N3O2S/c1-23-12-14(17(22-23)13-5-3-2-4-6-13)11-21-15-7-9-16(10-8-15)26(24,25)18(19)20/h2-10,12,18,21H,11H2,1H3. The van der Waals surface area contributed by atoms with Crippen LogP contribution in [0.4, 0.5) is 14.5 Å². The van der Waals surface area contributed by atoms with Crippen molar-refractivity contribution >= 4 is 15.5 Å². The van der Waals surface area contributed by atoms with Crippen molar-refractivity contribution in [3.05, 3.63) is 66.4 Å². The summed E-state index contributed by atoms with van der Waals surface area (Å²) in [6.07, 6.45) is 1.89. The zero-order valence-corrected chi connectivity index (χ0v) is 14.7. The first-order valence-electron chi connectivity index (χ1n) is 7.82. The molecular formula is C18H17F2N3O2S. The second-order valence-corrected chi connectivity index (χ2v) is 7.64. The third-order valence-electron chi connectivity index (χ3n) is 3.85. The minimum atomic E-state index is -4.57. The van der Waals surface area contributed by atoms with E-state index in [0.717, 1.165) is 16.8 Å². The normalized spacial score (nSPS) is 11.7. The molecule has 0 aliphatic carbocycles. The van der Waals surface area contributed by atoms with Gasteiger partial charge < -0.3 is 5.32 Å². The van der Waals surface area contributed by atoms with Gasteiger partial charge in [-0.1, -0.05) is 30.3 Å². The van der Waals surface area contributed by atoms with Gasteiger partial charge in [0, 0.05) is 36.6 Å². The summed E-state index contributed by atoms with van der Waals surface area (Å²) in [6, 6.07) is 15.0. The van der Waals surface area contributed by atoms with E-state index in [2.05, 4.69) is 10.4 Å². The Balaban J connectivity index is 1.76. The predicted octanol–water partition coefficient (Wildman–Crippen LogP) is 3.70. The van der Waals surface area contributed by atoms with Gasteiger partial charge >= 0.3 is 5.76 Å². The van der Waals surface area contributed by atoms with E-state index in [1.807, 2.05) is 43.6 Å². The molecule has 1 heterocycles. The first-order chi connectivity index (χ1) is 12.4. The molecule has 1 aromatic heterocycles. The lowest BCUT2D eigenvalue weighted by molar-refractivity contribution is 0.234. The highest BCUT2D eigenvalue weighted by Gasteiger charge is 2.26. The molecule has 3 aromatic rings. The van der Waals surface area contributed by atoms with Gasteiger partial charge in [0.2, 0.25) is 9.84 Å². The lowest BCUT2D eigenvalue weighted by Gasteiger charge is -2.08. The first-order valence-corrected chi connectivity index (χ1v) is 9.36. The highest BCUT2D eigenvalue weighted by atomic mass is 32.2. The summed E-state index contributed by atoms with van der Waals surface area (Å²) < 4.78 is 49.7. The number of alkyl halides is 2. The van der Waals surface area contributed by atoms with Crippen molar-refractivity contribution in [2.75, 3.05) is 5.32 Å². The molecule has 136 valence electrons. The molecule has 0 aliphatic rings. The molecule has 0 spiro atoms. The number of aromatic nitrogens is 2. The summed E-state index contributed by atoms with van der Waals surface area (Å²) in [4.78, 5) is -0.399. The monoisotopic (exact) mass is 377 g/mol. The van der Waals surface area contributed by atoms with Gasteiger partial charge in [-0.2, -0.15) is 13.9 Å². The lowest BCUT2D eigenvalue weighted by atomic mass is 10.1. The Morgan fingerprint density at radius 1 is 1.08 bits per heavy atom. The summed E-state index contributed by atoms with van der Waals surface area (Å²) in [5.74, 6) is -3.43. The minimum Gasteiger partial charge on any atom is -0.381 e. The zero-order chi connectivity index (χ0) is 18.7. The van der Waals surface area contributed by atoms with Gasteiger partial charge in [-0.25, -0.2) is 8.42 Å². The van der Waals surface area contributed by atoms with E-state index in [-0.39, 0.29) is 0 Å². The van der Waals surface area contributed by atoms with Gasteiger partial charge in [0.1, 0.15) is 0 Å². The van der Waals surface area contributed by atoms with Crippen LogP contribution < -0.4 is 5.32 Å². The van der Waals surface area contributed by atoms with Crippen molar-refractivity contribution in [1.82, 2.24) is 9.78 Å². The number of anilines is 1. The third kappa shape index (κ3) is 3.75. The molecule has 0 radical (unpaired) electrons. The number of aryl methyl sites for hydroxylation is 1. The number of nitrogens with one attached hydrogen (secondary N) is 1. The highest BCUT2D eigenvalue weighted by Crippen LogP contribution is 2.24. The molecule has 3 rings (SSSR count). The molecule has 26 heavy (non-hydrogen) atoms. The van der Waals surface area contributed by atoms with Gasteiger partial charge in [0.05, 0.1) is 10.6 Å². The first kappa shape index (κ1) is 18.1. The van der Waals surface area contributed by atoms with Crippen molar-refractivity contribution in [2.24, 2.45) is 7.05 Å².